The number of nitrogens with one attached hydrogen (secondary N) is 2. The van der Waals surface area contributed by atoms with Gasteiger partial charge in [0, 0.05) is 24.2 Å². The monoisotopic (exact) mass is 384 g/mol. The van der Waals surface area contributed by atoms with Gasteiger partial charge in [0.2, 0.25) is 0 Å². The molecule has 0 saturated carbocycles. The first-order valence-electron chi connectivity index (χ1n) is 8.57. The zero-order valence-electron chi connectivity index (χ0n) is 15.3. The summed E-state index contributed by atoms with van der Waals surface area (Å²) in [6, 6.07) is 13.1. The van der Waals surface area contributed by atoms with E-state index < -0.39 is 16.7 Å². The van der Waals surface area contributed by atoms with Crippen molar-refractivity contribution in [1.82, 2.24) is 10.7 Å². The Balaban J connectivity index is 1.95. The smallest absolute Gasteiger partial charge is 0.329 e. The van der Waals surface area contributed by atoms with Crippen LogP contribution in [0, 0.1) is 10.1 Å². The molecule has 0 aliphatic heterocycles. The molecule has 0 aliphatic rings. The second-order valence-electron chi connectivity index (χ2n) is 5.71. The number of nitro benzene ring substituents is 1. The average molecular weight is 384 g/mol. The Kier molecular flexibility index (Phi) is 7.64. The fourth-order valence-electron chi connectivity index (χ4n) is 2.12. The Morgan fingerprint density at radius 1 is 1.14 bits per heavy atom. The molecule has 2 amide bonds. The Labute approximate surface area is 161 Å². The van der Waals surface area contributed by atoms with E-state index in [1.165, 1.54) is 18.3 Å². The maximum atomic E-state index is 11.6. The van der Waals surface area contributed by atoms with Crippen LogP contribution >= 0.6 is 0 Å². The largest absolute Gasteiger partial charge is 0.488 e. The van der Waals surface area contributed by atoms with Crippen LogP contribution in [0.4, 0.5) is 5.69 Å². The molecule has 0 heterocycles. The Morgan fingerprint density at radius 3 is 2.54 bits per heavy atom. The van der Waals surface area contributed by atoms with E-state index >= 15 is 0 Å². The lowest BCUT2D eigenvalue weighted by Gasteiger charge is -2.09. The van der Waals surface area contributed by atoms with Gasteiger partial charge in [-0.15, -0.1) is 0 Å². The summed E-state index contributed by atoms with van der Waals surface area (Å²) in [6.45, 7) is 2.49. The minimum absolute atomic E-state index is 0.00926. The highest BCUT2D eigenvalue weighted by Crippen LogP contribution is 2.18. The van der Waals surface area contributed by atoms with Crippen molar-refractivity contribution < 1.29 is 19.2 Å². The van der Waals surface area contributed by atoms with Gasteiger partial charge in [-0.2, -0.15) is 5.10 Å². The van der Waals surface area contributed by atoms with Gasteiger partial charge in [-0.25, -0.2) is 5.43 Å². The molecule has 0 aliphatic carbocycles. The lowest BCUT2D eigenvalue weighted by molar-refractivity contribution is -0.384. The quantitative estimate of drug-likeness (QED) is 0.312. The molecule has 0 radical (unpaired) electrons. The van der Waals surface area contributed by atoms with E-state index in [9.17, 15) is 19.7 Å². The van der Waals surface area contributed by atoms with Crippen LogP contribution in [0.15, 0.2) is 53.6 Å². The zero-order chi connectivity index (χ0) is 20.4. The van der Waals surface area contributed by atoms with Crippen LogP contribution in [0.1, 0.15) is 24.5 Å². The van der Waals surface area contributed by atoms with Crippen molar-refractivity contribution >= 4 is 23.7 Å². The third-order valence-electron chi connectivity index (χ3n) is 3.57. The fourth-order valence-corrected chi connectivity index (χ4v) is 2.12. The third-order valence-corrected chi connectivity index (χ3v) is 3.57. The molecule has 9 nitrogen and oxygen atoms in total. The molecule has 2 N–H and O–H groups in total. The molecule has 2 aromatic rings. The van der Waals surface area contributed by atoms with Gasteiger partial charge in [0.25, 0.3) is 5.69 Å². The van der Waals surface area contributed by atoms with Crippen molar-refractivity contribution in [2.75, 3.05) is 6.54 Å². The summed E-state index contributed by atoms with van der Waals surface area (Å²) in [5.74, 6) is -1.09. The summed E-state index contributed by atoms with van der Waals surface area (Å²) in [7, 11) is 0. The number of nitro groups is 1. The van der Waals surface area contributed by atoms with Gasteiger partial charge in [-0.1, -0.05) is 19.1 Å². The number of carbonyl (C=O) groups excluding carboxylic acids is 2. The Hall–Kier alpha value is -3.75. The van der Waals surface area contributed by atoms with Gasteiger partial charge >= 0.3 is 11.8 Å². The molecule has 146 valence electrons. The maximum absolute atomic E-state index is 11.6. The summed E-state index contributed by atoms with van der Waals surface area (Å²) in [5, 5.41) is 16.9. The number of hydrogen-bond donors (Lipinski definition) is 2. The normalized spacial score (nSPS) is 10.5. The minimum atomic E-state index is -0.853. The lowest BCUT2D eigenvalue weighted by Crippen LogP contribution is -2.38. The number of benzene rings is 2. The number of carbonyl (C=O) groups is 2. The molecule has 2 rings (SSSR count). The van der Waals surface area contributed by atoms with Crippen LogP contribution in [0.3, 0.4) is 0 Å². The lowest BCUT2D eigenvalue weighted by atomic mass is 10.2. The number of amides is 2. The van der Waals surface area contributed by atoms with Crippen LogP contribution in [-0.4, -0.2) is 29.5 Å². The van der Waals surface area contributed by atoms with Crippen LogP contribution in [0.2, 0.25) is 0 Å². The highest BCUT2D eigenvalue weighted by atomic mass is 16.6. The van der Waals surface area contributed by atoms with E-state index in [2.05, 4.69) is 15.8 Å². The van der Waals surface area contributed by atoms with Gasteiger partial charge in [0.1, 0.15) is 12.4 Å². The molecule has 0 spiro atoms. The second-order valence-corrected chi connectivity index (χ2v) is 5.71. The van der Waals surface area contributed by atoms with E-state index in [4.69, 9.17) is 4.74 Å². The van der Waals surface area contributed by atoms with E-state index in [1.807, 2.05) is 6.92 Å². The predicted molar refractivity (Wildman–Crippen MR) is 103 cm³/mol. The number of ether oxygens (including phenoxy) is 1. The summed E-state index contributed by atoms with van der Waals surface area (Å²) >= 11 is 0. The van der Waals surface area contributed by atoms with Crippen molar-refractivity contribution in [2.24, 2.45) is 5.10 Å². The molecule has 0 saturated heterocycles. The summed E-state index contributed by atoms with van der Waals surface area (Å²) in [6.07, 6.45) is 2.10. The SMILES string of the molecule is CCCNC(=O)C(=O)N/N=C\c1ccccc1OCc1ccc([N+](=O)[O-])cc1. The van der Waals surface area contributed by atoms with Crippen LogP contribution in [0.5, 0.6) is 5.75 Å². The van der Waals surface area contributed by atoms with Gasteiger partial charge in [0.05, 0.1) is 11.1 Å². The first-order chi connectivity index (χ1) is 13.5. The van der Waals surface area contributed by atoms with E-state index in [1.54, 1.807) is 36.4 Å². The van der Waals surface area contributed by atoms with E-state index in [0.717, 1.165) is 12.0 Å². The fraction of sp³-hybridized carbons (Fsp3) is 0.211. The highest BCUT2D eigenvalue weighted by Gasteiger charge is 2.11. The first-order valence-corrected chi connectivity index (χ1v) is 8.57. The van der Waals surface area contributed by atoms with E-state index in [-0.39, 0.29) is 12.3 Å². The number of hydrogen-bond acceptors (Lipinski definition) is 6. The molecule has 0 bridgehead atoms. The highest BCUT2D eigenvalue weighted by molar-refractivity contribution is 6.35. The molecule has 0 fully saturated rings. The van der Waals surface area contributed by atoms with Crippen molar-refractivity contribution in [1.29, 1.82) is 0 Å². The van der Waals surface area contributed by atoms with Gasteiger partial charge in [-0.05, 0) is 36.2 Å². The summed E-state index contributed by atoms with van der Waals surface area (Å²) < 4.78 is 5.73. The predicted octanol–water partition coefficient (Wildman–Crippen LogP) is 2.15. The standard InChI is InChI=1S/C19H20N4O5/c1-2-11-20-18(24)19(25)22-21-12-15-5-3-4-6-17(15)28-13-14-7-9-16(10-8-14)23(26)27/h3-10,12H,2,11,13H2,1H3,(H,20,24)(H,22,25)/b21-12-. The topological polar surface area (TPSA) is 123 Å². The van der Waals surface area contributed by atoms with Crippen molar-refractivity contribution in [3.8, 4) is 5.75 Å². The molecule has 0 unspecified atom stereocenters. The molecule has 9 heteroatoms. The first kappa shape index (κ1) is 20.6. The van der Waals surface area contributed by atoms with E-state index in [0.29, 0.717) is 17.9 Å². The summed E-state index contributed by atoms with van der Waals surface area (Å²) in [5.41, 5.74) is 3.52. The van der Waals surface area contributed by atoms with Crippen LogP contribution in [-0.2, 0) is 16.2 Å². The van der Waals surface area contributed by atoms with Gasteiger partial charge in [-0.3, -0.25) is 19.7 Å². The van der Waals surface area contributed by atoms with Crippen molar-refractivity contribution in [3.05, 3.63) is 69.8 Å². The molecular formula is C19H20N4O5. The van der Waals surface area contributed by atoms with Gasteiger partial charge < -0.3 is 10.1 Å². The average Bonchev–Trinajstić information content (AvgIpc) is 2.71. The third kappa shape index (κ3) is 6.20. The number of hydrazone groups is 1. The zero-order valence-corrected chi connectivity index (χ0v) is 15.3. The number of nitrogens with zero attached hydrogens (tertiary/aromatic N) is 2. The maximum Gasteiger partial charge on any atom is 0.329 e. The Morgan fingerprint density at radius 2 is 1.86 bits per heavy atom. The Bertz CT molecular complexity index is 865. The molecule has 0 atom stereocenters. The molecule has 28 heavy (non-hydrogen) atoms. The van der Waals surface area contributed by atoms with Crippen molar-refractivity contribution in [2.45, 2.75) is 20.0 Å². The molecule has 2 aromatic carbocycles. The molecular weight excluding hydrogens is 364 g/mol. The number of para-hydroxylation sites is 1. The van der Waals surface area contributed by atoms with Crippen LogP contribution in [0.25, 0.3) is 0 Å². The number of rotatable bonds is 8. The summed E-state index contributed by atoms with van der Waals surface area (Å²) in [4.78, 5) is 33.3. The number of non-ortho nitro benzene ring substituents is 1. The van der Waals surface area contributed by atoms with Crippen LogP contribution < -0.4 is 15.5 Å². The van der Waals surface area contributed by atoms with Gasteiger partial charge in [0.15, 0.2) is 0 Å². The van der Waals surface area contributed by atoms with Crippen molar-refractivity contribution in [3.63, 3.8) is 0 Å². The minimum Gasteiger partial charge on any atom is -0.488 e. The second kappa shape index (κ2) is 10.4. The molecule has 0 aromatic heterocycles.